The standard InChI is InChI=1S/C14H17N3O4/c1-19-11-7-21-13(15,14(11,18)20-2)12-9-5-3-4-6-10(9)16-8-17-12/h3-6,8,11,18H,7,15H2,1-2H3. The van der Waals surface area contributed by atoms with E-state index in [-0.39, 0.29) is 6.61 Å². The lowest BCUT2D eigenvalue weighted by atomic mass is 9.94. The summed E-state index contributed by atoms with van der Waals surface area (Å²) in [6, 6.07) is 7.35. The van der Waals surface area contributed by atoms with Gasteiger partial charge in [0.2, 0.25) is 11.5 Å². The van der Waals surface area contributed by atoms with Gasteiger partial charge in [0, 0.05) is 19.6 Å². The summed E-state index contributed by atoms with van der Waals surface area (Å²) < 4.78 is 16.1. The fourth-order valence-electron chi connectivity index (χ4n) is 2.71. The van der Waals surface area contributed by atoms with Crippen molar-refractivity contribution in [3.63, 3.8) is 0 Å². The molecule has 21 heavy (non-hydrogen) atoms. The van der Waals surface area contributed by atoms with Crippen LogP contribution in [-0.2, 0) is 19.9 Å². The van der Waals surface area contributed by atoms with Gasteiger partial charge in [0.05, 0.1) is 12.1 Å². The van der Waals surface area contributed by atoms with Crippen molar-refractivity contribution in [3.8, 4) is 0 Å². The molecule has 3 atom stereocenters. The first-order valence-electron chi connectivity index (χ1n) is 6.50. The van der Waals surface area contributed by atoms with Crippen LogP contribution in [0.3, 0.4) is 0 Å². The van der Waals surface area contributed by atoms with Gasteiger partial charge in [-0.25, -0.2) is 9.97 Å². The number of aromatic nitrogens is 2. The lowest BCUT2D eigenvalue weighted by molar-refractivity contribution is -0.291. The van der Waals surface area contributed by atoms with Crippen molar-refractivity contribution in [2.75, 3.05) is 20.8 Å². The topological polar surface area (TPSA) is 99.7 Å². The van der Waals surface area contributed by atoms with Crippen molar-refractivity contribution in [2.24, 2.45) is 5.73 Å². The summed E-state index contributed by atoms with van der Waals surface area (Å²) in [7, 11) is 2.81. The number of fused-ring (bicyclic) bond motifs is 1. The van der Waals surface area contributed by atoms with Gasteiger partial charge in [-0.3, -0.25) is 5.73 Å². The lowest BCUT2D eigenvalue weighted by Crippen LogP contribution is -2.61. The fraction of sp³-hybridized carbons (Fsp3) is 0.429. The van der Waals surface area contributed by atoms with Crippen LogP contribution in [0.2, 0.25) is 0 Å². The normalized spacial score (nSPS) is 32.7. The van der Waals surface area contributed by atoms with Gasteiger partial charge >= 0.3 is 0 Å². The Morgan fingerprint density at radius 1 is 1.33 bits per heavy atom. The molecule has 112 valence electrons. The average Bonchev–Trinajstić information content (AvgIpc) is 2.79. The summed E-state index contributed by atoms with van der Waals surface area (Å²) in [5.41, 5.74) is 5.75. The van der Waals surface area contributed by atoms with Gasteiger partial charge in [0.1, 0.15) is 18.1 Å². The van der Waals surface area contributed by atoms with E-state index in [1.165, 1.54) is 20.5 Å². The number of rotatable bonds is 3. The van der Waals surface area contributed by atoms with E-state index in [0.29, 0.717) is 16.6 Å². The van der Waals surface area contributed by atoms with E-state index in [4.69, 9.17) is 19.9 Å². The van der Waals surface area contributed by atoms with E-state index in [1.807, 2.05) is 24.3 Å². The molecule has 0 aliphatic carbocycles. The largest absolute Gasteiger partial charge is 0.373 e. The highest BCUT2D eigenvalue weighted by atomic mass is 16.7. The molecular weight excluding hydrogens is 274 g/mol. The van der Waals surface area contributed by atoms with Crippen molar-refractivity contribution < 1.29 is 19.3 Å². The molecule has 0 radical (unpaired) electrons. The first-order chi connectivity index (χ1) is 10.1. The molecule has 1 fully saturated rings. The van der Waals surface area contributed by atoms with Gasteiger partial charge in [0.25, 0.3) is 0 Å². The van der Waals surface area contributed by atoms with Crippen LogP contribution in [0.1, 0.15) is 5.69 Å². The second-order valence-electron chi connectivity index (χ2n) is 4.91. The van der Waals surface area contributed by atoms with Crippen LogP contribution in [0.4, 0.5) is 0 Å². The SMILES string of the molecule is COC1COC(N)(c2ncnc3ccccc23)C1(O)OC. The molecule has 1 saturated heterocycles. The van der Waals surface area contributed by atoms with E-state index in [9.17, 15) is 5.11 Å². The number of ether oxygens (including phenoxy) is 3. The molecule has 2 heterocycles. The molecule has 0 saturated carbocycles. The molecule has 1 aliphatic heterocycles. The van der Waals surface area contributed by atoms with Gasteiger partial charge in [-0.1, -0.05) is 18.2 Å². The van der Waals surface area contributed by atoms with Crippen LogP contribution in [0.5, 0.6) is 0 Å². The second-order valence-corrected chi connectivity index (χ2v) is 4.91. The quantitative estimate of drug-likeness (QED) is 0.775. The lowest BCUT2D eigenvalue weighted by Gasteiger charge is -2.37. The van der Waals surface area contributed by atoms with E-state index in [0.717, 1.165) is 0 Å². The Balaban J connectivity index is 2.21. The maximum absolute atomic E-state index is 10.8. The molecule has 3 unspecified atom stereocenters. The maximum Gasteiger partial charge on any atom is 0.244 e. The summed E-state index contributed by atoms with van der Waals surface area (Å²) in [5.74, 6) is -1.85. The van der Waals surface area contributed by atoms with E-state index < -0.39 is 17.6 Å². The number of methoxy groups -OCH3 is 2. The highest BCUT2D eigenvalue weighted by Gasteiger charge is 2.63. The number of nitrogens with two attached hydrogens (primary N) is 1. The molecule has 0 spiro atoms. The summed E-state index contributed by atoms with van der Waals surface area (Å²) in [6.07, 6.45) is 0.660. The molecule has 1 aromatic heterocycles. The van der Waals surface area contributed by atoms with E-state index >= 15 is 0 Å². The summed E-state index contributed by atoms with van der Waals surface area (Å²) in [5, 5.41) is 11.5. The first kappa shape index (κ1) is 14.3. The Morgan fingerprint density at radius 3 is 2.81 bits per heavy atom. The molecule has 7 nitrogen and oxygen atoms in total. The Hall–Kier alpha value is -1.64. The van der Waals surface area contributed by atoms with Crippen LogP contribution in [0.25, 0.3) is 10.9 Å². The Kier molecular flexibility index (Phi) is 3.39. The molecule has 1 aliphatic rings. The van der Waals surface area contributed by atoms with Crippen molar-refractivity contribution in [1.29, 1.82) is 0 Å². The van der Waals surface area contributed by atoms with Crippen LogP contribution in [0, 0.1) is 0 Å². The molecule has 1 aromatic carbocycles. The zero-order valence-corrected chi connectivity index (χ0v) is 11.8. The summed E-state index contributed by atoms with van der Waals surface area (Å²) in [6.45, 7) is 0.0929. The Morgan fingerprint density at radius 2 is 2.10 bits per heavy atom. The van der Waals surface area contributed by atoms with Gasteiger partial charge in [-0.2, -0.15) is 0 Å². The average molecular weight is 291 g/mol. The number of aliphatic hydroxyl groups is 1. The third kappa shape index (κ3) is 1.86. The Labute approximate surface area is 121 Å². The molecule has 3 N–H and O–H groups in total. The molecule has 0 amide bonds. The van der Waals surface area contributed by atoms with Crippen molar-refractivity contribution in [3.05, 3.63) is 36.3 Å². The minimum atomic E-state index is -1.85. The van der Waals surface area contributed by atoms with Crippen molar-refractivity contribution in [1.82, 2.24) is 9.97 Å². The third-order valence-corrected chi connectivity index (χ3v) is 3.92. The van der Waals surface area contributed by atoms with Gasteiger partial charge in [-0.05, 0) is 6.07 Å². The minimum absolute atomic E-state index is 0.0929. The predicted octanol–water partition coefficient (Wildman–Crippen LogP) is 0.121. The number of hydrogen-bond acceptors (Lipinski definition) is 7. The molecule has 7 heteroatoms. The monoisotopic (exact) mass is 291 g/mol. The van der Waals surface area contributed by atoms with Crippen LogP contribution in [-0.4, -0.2) is 47.8 Å². The fourth-order valence-corrected chi connectivity index (χ4v) is 2.71. The number of benzene rings is 1. The smallest absolute Gasteiger partial charge is 0.244 e. The summed E-state index contributed by atoms with van der Waals surface area (Å²) >= 11 is 0. The van der Waals surface area contributed by atoms with Crippen molar-refractivity contribution >= 4 is 10.9 Å². The van der Waals surface area contributed by atoms with Gasteiger partial charge < -0.3 is 19.3 Å². The first-order valence-corrected chi connectivity index (χ1v) is 6.50. The molecular formula is C14H17N3O4. The predicted molar refractivity (Wildman–Crippen MR) is 74.1 cm³/mol. The van der Waals surface area contributed by atoms with Crippen LogP contribution in [0.15, 0.2) is 30.6 Å². The van der Waals surface area contributed by atoms with Crippen LogP contribution >= 0.6 is 0 Å². The highest BCUT2D eigenvalue weighted by molar-refractivity contribution is 5.81. The Bertz CT molecular complexity index is 662. The van der Waals surface area contributed by atoms with Gasteiger partial charge in [0.15, 0.2) is 0 Å². The van der Waals surface area contributed by atoms with Gasteiger partial charge in [-0.15, -0.1) is 0 Å². The van der Waals surface area contributed by atoms with Crippen molar-refractivity contribution in [2.45, 2.75) is 17.6 Å². The minimum Gasteiger partial charge on any atom is -0.373 e. The maximum atomic E-state index is 10.8. The number of para-hydroxylation sites is 1. The molecule has 0 bridgehead atoms. The summed E-state index contributed by atoms with van der Waals surface area (Å²) in [4.78, 5) is 8.40. The van der Waals surface area contributed by atoms with Crippen LogP contribution < -0.4 is 5.73 Å². The number of hydrogen-bond donors (Lipinski definition) is 2. The molecule has 3 rings (SSSR count). The highest BCUT2D eigenvalue weighted by Crippen LogP contribution is 2.42. The molecule has 2 aromatic rings. The zero-order chi connectivity index (χ0) is 15.1. The third-order valence-electron chi connectivity index (χ3n) is 3.92. The van der Waals surface area contributed by atoms with E-state index in [2.05, 4.69) is 9.97 Å². The second kappa shape index (κ2) is 4.97. The zero-order valence-electron chi connectivity index (χ0n) is 11.8. The van der Waals surface area contributed by atoms with E-state index in [1.54, 1.807) is 0 Å². The number of nitrogens with zero attached hydrogens (tertiary/aromatic N) is 2.